The zero-order valence-electron chi connectivity index (χ0n) is 7.62. The SMILES string of the molecule is N#Cc1cc(S(=O)(=O)C(F)(F)F)ccc1N. The van der Waals surface area contributed by atoms with Gasteiger partial charge in [0.25, 0.3) is 9.84 Å². The third kappa shape index (κ3) is 1.94. The zero-order valence-corrected chi connectivity index (χ0v) is 8.43. The van der Waals surface area contributed by atoms with Crippen LogP contribution in [0.2, 0.25) is 0 Å². The molecule has 1 rings (SSSR count). The number of nitriles is 1. The Kier molecular flexibility index (Phi) is 2.83. The minimum Gasteiger partial charge on any atom is -0.398 e. The van der Waals surface area contributed by atoms with Gasteiger partial charge in [0.15, 0.2) is 0 Å². The van der Waals surface area contributed by atoms with Crippen molar-refractivity contribution >= 4 is 15.5 Å². The standard InChI is InChI=1S/C8H5F3N2O2S/c9-8(10,11)16(14,15)6-1-2-7(13)5(3-6)4-12/h1-3H,13H2. The molecule has 1 aromatic carbocycles. The van der Waals surface area contributed by atoms with E-state index in [-0.39, 0.29) is 11.3 Å². The van der Waals surface area contributed by atoms with E-state index in [1.165, 1.54) is 6.07 Å². The molecule has 0 radical (unpaired) electrons. The molecule has 86 valence electrons. The number of halogens is 3. The second-order valence-corrected chi connectivity index (χ2v) is 4.75. The minimum atomic E-state index is -5.43. The van der Waals surface area contributed by atoms with Crippen LogP contribution in [0.4, 0.5) is 18.9 Å². The van der Waals surface area contributed by atoms with Gasteiger partial charge in [-0.1, -0.05) is 0 Å². The van der Waals surface area contributed by atoms with E-state index in [0.717, 1.165) is 6.07 Å². The molecule has 0 aromatic heterocycles. The number of nitrogen functional groups attached to an aromatic ring is 1. The molecule has 8 heteroatoms. The van der Waals surface area contributed by atoms with Crippen LogP contribution < -0.4 is 5.73 Å². The summed E-state index contributed by atoms with van der Waals surface area (Å²) >= 11 is 0. The highest BCUT2D eigenvalue weighted by atomic mass is 32.2. The molecule has 0 aliphatic carbocycles. The van der Waals surface area contributed by atoms with E-state index in [1.54, 1.807) is 0 Å². The fourth-order valence-corrected chi connectivity index (χ4v) is 1.72. The molecule has 0 spiro atoms. The van der Waals surface area contributed by atoms with Crippen molar-refractivity contribution in [3.63, 3.8) is 0 Å². The molecule has 0 amide bonds. The number of sulfone groups is 1. The third-order valence-corrected chi connectivity index (χ3v) is 3.24. The Labute approximate surface area is 89.0 Å². The maximum atomic E-state index is 12.2. The fraction of sp³-hybridized carbons (Fsp3) is 0.125. The number of rotatable bonds is 1. The zero-order chi connectivity index (χ0) is 12.6. The van der Waals surface area contributed by atoms with Gasteiger partial charge >= 0.3 is 5.51 Å². The normalized spacial score (nSPS) is 12.1. The van der Waals surface area contributed by atoms with Crippen LogP contribution in [0.25, 0.3) is 0 Å². The Hall–Kier alpha value is -1.75. The highest BCUT2D eigenvalue weighted by Crippen LogP contribution is 2.31. The summed E-state index contributed by atoms with van der Waals surface area (Å²) in [6, 6.07) is 3.75. The number of benzene rings is 1. The lowest BCUT2D eigenvalue weighted by Gasteiger charge is -2.08. The monoisotopic (exact) mass is 250 g/mol. The summed E-state index contributed by atoms with van der Waals surface area (Å²) in [6.45, 7) is 0. The largest absolute Gasteiger partial charge is 0.501 e. The molecule has 16 heavy (non-hydrogen) atoms. The first-order chi connectivity index (χ1) is 7.20. The lowest BCUT2D eigenvalue weighted by molar-refractivity contribution is -0.0436. The second-order valence-electron chi connectivity index (χ2n) is 2.81. The van der Waals surface area contributed by atoms with Crippen LogP contribution in [-0.4, -0.2) is 13.9 Å². The number of nitrogens with zero attached hydrogens (tertiary/aromatic N) is 1. The number of alkyl halides is 3. The summed E-state index contributed by atoms with van der Waals surface area (Å²) in [5.41, 5.74) is -0.534. The molecule has 0 heterocycles. The first-order valence-corrected chi connectivity index (χ1v) is 5.29. The Morgan fingerprint density at radius 1 is 1.31 bits per heavy atom. The van der Waals surface area contributed by atoms with Gasteiger partial charge in [-0.25, -0.2) is 8.42 Å². The molecule has 2 N–H and O–H groups in total. The predicted molar refractivity (Wildman–Crippen MR) is 48.8 cm³/mol. The van der Waals surface area contributed by atoms with Gasteiger partial charge < -0.3 is 5.73 Å². The van der Waals surface area contributed by atoms with Crippen molar-refractivity contribution in [3.05, 3.63) is 23.8 Å². The van der Waals surface area contributed by atoms with Crippen molar-refractivity contribution in [1.82, 2.24) is 0 Å². The smallest absolute Gasteiger partial charge is 0.398 e. The van der Waals surface area contributed by atoms with Crippen LogP contribution in [0.15, 0.2) is 23.1 Å². The summed E-state index contributed by atoms with van der Waals surface area (Å²) < 4.78 is 58.4. The number of nitrogens with two attached hydrogens (primary N) is 1. The predicted octanol–water partition coefficient (Wildman–Crippen LogP) is 1.43. The van der Waals surface area contributed by atoms with Gasteiger partial charge in [-0.05, 0) is 18.2 Å². The molecule has 4 nitrogen and oxygen atoms in total. The van der Waals surface area contributed by atoms with Crippen LogP contribution in [0.3, 0.4) is 0 Å². The van der Waals surface area contributed by atoms with E-state index >= 15 is 0 Å². The van der Waals surface area contributed by atoms with Crippen molar-refractivity contribution in [2.45, 2.75) is 10.4 Å². The van der Waals surface area contributed by atoms with Crippen molar-refractivity contribution in [3.8, 4) is 6.07 Å². The molecule has 0 fully saturated rings. The van der Waals surface area contributed by atoms with Crippen molar-refractivity contribution in [2.75, 3.05) is 5.73 Å². The second kappa shape index (κ2) is 3.68. The Balaban J connectivity index is 3.44. The highest BCUT2D eigenvalue weighted by Gasteiger charge is 2.46. The maximum absolute atomic E-state index is 12.2. The average molecular weight is 250 g/mol. The molecule has 0 saturated carbocycles. The van der Waals surface area contributed by atoms with Gasteiger partial charge in [0.1, 0.15) is 6.07 Å². The van der Waals surface area contributed by atoms with Gasteiger partial charge in [0.2, 0.25) is 0 Å². The molecule has 0 atom stereocenters. The fourth-order valence-electron chi connectivity index (χ4n) is 0.933. The molecular weight excluding hydrogens is 245 g/mol. The molecule has 0 bridgehead atoms. The van der Waals surface area contributed by atoms with Crippen molar-refractivity contribution in [1.29, 1.82) is 5.26 Å². The van der Waals surface area contributed by atoms with Crippen LogP contribution >= 0.6 is 0 Å². The van der Waals surface area contributed by atoms with Crippen molar-refractivity contribution in [2.24, 2.45) is 0 Å². The van der Waals surface area contributed by atoms with Crippen molar-refractivity contribution < 1.29 is 21.6 Å². The quantitative estimate of drug-likeness (QED) is 0.764. The molecule has 0 unspecified atom stereocenters. The van der Waals surface area contributed by atoms with Gasteiger partial charge in [0, 0.05) is 5.69 Å². The maximum Gasteiger partial charge on any atom is 0.501 e. The molecule has 0 aliphatic heterocycles. The number of anilines is 1. The van der Waals surface area contributed by atoms with E-state index in [9.17, 15) is 21.6 Å². The average Bonchev–Trinajstić information content (AvgIpc) is 2.16. The first-order valence-electron chi connectivity index (χ1n) is 3.81. The summed E-state index contributed by atoms with van der Waals surface area (Å²) in [6.07, 6.45) is 0. The van der Waals surface area contributed by atoms with Gasteiger partial charge in [-0.3, -0.25) is 0 Å². The van der Waals surface area contributed by atoms with E-state index in [4.69, 9.17) is 11.0 Å². The lowest BCUT2D eigenvalue weighted by Crippen LogP contribution is -2.23. The van der Waals surface area contributed by atoms with Crippen LogP contribution in [-0.2, 0) is 9.84 Å². The van der Waals surface area contributed by atoms with E-state index in [0.29, 0.717) is 12.1 Å². The van der Waals surface area contributed by atoms with Crippen LogP contribution in [0, 0.1) is 11.3 Å². The van der Waals surface area contributed by atoms with Crippen LogP contribution in [0.5, 0.6) is 0 Å². The first kappa shape index (κ1) is 12.3. The topological polar surface area (TPSA) is 84.0 Å². The molecular formula is C8H5F3N2O2S. The molecule has 0 aliphatic rings. The third-order valence-electron chi connectivity index (χ3n) is 1.76. The Morgan fingerprint density at radius 2 is 1.88 bits per heavy atom. The summed E-state index contributed by atoms with van der Waals surface area (Å²) in [7, 11) is -5.43. The van der Waals surface area contributed by atoms with E-state index in [1.807, 2.05) is 0 Å². The Bertz CT molecular complexity index is 558. The molecule has 0 saturated heterocycles. The number of hydrogen-bond acceptors (Lipinski definition) is 4. The van der Waals surface area contributed by atoms with Gasteiger partial charge in [-0.2, -0.15) is 18.4 Å². The minimum absolute atomic E-state index is 0.0800. The summed E-state index contributed by atoms with van der Waals surface area (Å²) in [5, 5.41) is 8.51. The lowest BCUT2D eigenvalue weighted by atomic mass is 10.2. The number of hydrogen-bond donors (Lipinski definition) is 1. The summed E-state index contributed by atoms with van der Waals surface area (Å²) in [5.74, 6) is 0. The van der Waals surface area contributed by atoms with E-state index < -0.39 is 20.2 Å². The summed E-state index contributed by atoms with van der Waals surface area (Å²) in [4.78, 5) is -0.995. The highest BCUT2D eigenvalue weighted by molar-refractivity contribution is 7.92. The van der Waals surface area contributed by atoms with Gasteiger partial charge in [0.05, 0.1) is 10.5 Å². The van der Waals surface area contributed by atoms with E-state index in [2.05, 4.69) is 0 Å². The van der Waals surface area contributed by atoms with Crippen LogP contribution in [0.1, 0.15) is 5.56 Å². The molecule has 1 aromatic rings. The Morgan fingerprint density at radius 3 is 2.31 bits per heavy atom. The van der Waals surface area contributed by atoms with Gasteiger partial charge in [-0.15, -0.1) is 0 Å².